The van der Waals surface area contributed by atoms with Gasteiger partial charge < -0.3 is 19.7 Å². The number of carbonyl (C=O) groups excluding carboxylic acids is 1. The van der Waals surface area contributed by atoms with Crippen molar-refractivity contribution < 1.29 is 14.3 Å². The van der Waals surface area contributed by atoms with Crippen molar-refractivity contribution in [3.63, 3.8) is 0 Å². The van der Waals surface area contributed by atoms with Crippen molar-refractivity contribution in [2.45, 2.75) is 50.3 Å². The standard InChI is InChI=1S/C15H26N2O3/c1-19-10-12-9-17(6-7-20-12)15(18)14-8-11-4-2-3-5-13(11)16-14/h11-14,16H,2-10H2,1H3. The molecule has 20 heavy (non-hydrogen) atoms. The molecule has 3 rings (SSSR count). The first kappa shape index (κ1) is 14.3. The van der Waals surface area contributed by atoms with E-state index in [9.17, 15) is 4.79 Å². The Morgan fingerprint density at radius 2 is 2.25 bits per heavy atom. The number of hydrogen-bond donors (Lipinski definition) is 1. The topological polar surface area (TPSA) is 50.8 Å². The van der Waals surface area contributed by atoms with Gasteiger partial charge in [-0.25, -0.2) is 0 Å². The molecule has 0 aromatic carbocycles. The van der Waals surface area contributed by atoms with Gasteiger partial charge in [0, 0.05) is 26.2 Å². The van der Waals surface area contributed by atoms with E-state index < -0.39 is 0 Å². The zero-order chi connectivity index (χ0) is 13.9. The predicted octanol–water partition coefficient (Wildman–Crippen LogP) is 0.781. The van der Waals surface area contributed by atoms with Gasteiger partial charge in [-0.15, -0.1) is 0 Å². The number of rotatable bonds is 3. The number of nitrogens with one attached hydrogen (secondary N) is 1. The number of morpholine rings is 1. The van der Waals surface area contributed by atoms with E-state index in [2.05, 4.69) is 5.32 Å². The molecule has 0 radical (unpaired) electrons. The third-order valence-electron chi connectivity index (χ3n) is 4.96. The number of nitrogens with zero attached hydrogens (tertiary/aromatic N) is 1. The molecule has 0 aromatic rings. The van der Waals surface area contributed by atoms with E-state index in [1.165, 1.54) is 25.7 Å². The van der Waals surface area contributed by atoms with E-state index in [-0.39, 0.29) is 18.1 Å². The molecule has 4 unspecified atom stereocenters. The van der Waals surface area contributed by atoms with E-state index in [1.54, 1.807) is 7.11 Å². The quantitative estimate of drug-likeness (QED) is 0.831. The predicted molar refractivity (Wildman–Crippen MR) is 75.5 cm³/mol. The number of methoxy groups -OCH3 is 1. The SMILES string of the molecule is COCC1CN(C(=O)C2CC3CCCCC3N2)CCO1. The Hall–Kier alpha value is -0.650. The molecule has 0 spiro atoms. The van der Waals surface area contributed by atoms with Gasteiger partial charge in [0.15, 0.2) is 0 Å². The fraction of sp³-hybridized carbons (Fsp3) is 0.933. The van der Waals surface area contributed by atoms with Crippen LogP contribution in [0.5, 0.6) is 0 Å². The van der Waals surface area contributed by atoms with Crippen LogP contribution in [0, 0.1) is 5.92 Å². The normalized spacial score (nSPS) is 37.8. The number of carbonyl (C=O) groups is 1. The molecule has 2 saturated heterocycles. The molecular formula is C15H26N2O3. The van der Waals surface area contributed by atoms with Gasteiger partial charge in [0.2, 0.25) is 5.91 Å². The molecule has 2 heterocycles. The highest BCUT2D eigenvalue weighted by molar-refractivity contribution is 5.82. The first-order chi connectivity index (χ1) is 9.78. The molecular weight excluding hydrogens is 256 g/mol. The molecule has 0 aromatic heterocycles. The number of ether oxygens (including phenoxy) is 2. The van der Waals surface area contributed by atoms with Crippen molar-refractivity contribution in [2.75, 3.05) is 33.4 Å². The second-order valence-corrected chi connectivity index (χ2v) is 6.34. The maximum Gasteiger partial charge on any atom is 0.239 e. The lowest BCUT2D eigenvalue weighted by Crippen LogP contribution is -2.52. The lowest BCUT2D eigenvalue weighted by molar-refractivity contribution is -0.142. The molecule has 0 bridgehead atoms. The van der Waals surface area contributed by atoms with Crippen LogP contribution in [0.25, 0.3) is 0 Å². The second kappa shape index (κ2) is 6.41. The van der Waals surface area contributed by atoms with Crippen LogP contribution >= 0.6 is 0 Å². The number of fused-ring (bicyclic) bond motifs is 1. The molecule has 5 nitrogen and oxygen atoms in total. The van der Waals surface area contributed by atoms with Gasteiger partial charge in [-0.05, 0) is 25.2 Å². The summed E-state index contributed by atoms with van der Waals surface area (Å²) in [5, 5.41) is 3.57. The summed E-state index contributed by atoms with van der Waals surface area (Å²) in [4.78, 5) is 14.6. The van der Waals surface area contributed by atoms with Gasteiger partial charge in [0.25, 0.3) is 0 Å². The zero-order valence-electron chi connectivity index (χ0n) is 12.3. The van der Waals surface area contributed by atoms with Crippen LogP contribution < -0.4 is 5.32 Å². The maximum atomic E-state index is 12.7. The smallest absolute Gasteiger partial charge is 0.239 e. The maximum absolute atomic E-state index is 12.7. The Kier molecular flexibility index (Phi) is 4.58. The van der Waals surface area contributed by atoms with Gasteiger partial charge >= 0.3 is 0 Å². The molecule has 3 fully saturated rings. The van der Waals surface area contributed by atoms with Crippen LogP contribution in [-0.2, 0) is 14.3 Å². The Labute approximate surface area is 121 Å². The summed E-state index contributed by atoms with van der Waals surface area (Å²) in [6.45, 7) is 2.57. The Morgan fingerprint density at radius 3 is 3.05 bits per heavy atom. The highest BCUT2D eigenvalue weighted by atomic mass is 16.5. The fourth-order valence-electron chi connectivity index (χ4n) is 3.94. The summed E-state index contributed by atoms with van der Waals surface area (Å²) in [7, 11) is 1.67. The first-order valence-corrected chi connectivity index (χ1v) is 7.93. The van der Waals surface area contributed by atoms with Crippen molar-refractivity contribution in [2.24, 2.45) is 5.92 Å². The number of amides is 1. The van der Waals surface area contributed by atoms with Crippen molar-refractivity contribution in [1.29, 1.82) is 0 Å². The lowest BCUT2D eigenvalue weighted by Gasteiger charge is -2.34. The summed E-state index contributed by atoms with van der Waals surface area (Å²) < 4.78 is 10.8. The van der Waals surface area contributed by atoms with Crippen molar-refractivity contribution >= 4 is 5.91 Å². The third-order valence-corrected chi connectivity index (χ3v) is 4.96. The molecule has 1 amide bonds. The summed E-state index contributed by atoms with van der Waals surface area (Å²) in [6, 6.07) is 0.609. The summed E-state index contributed by atoms with van der Waals surface area (Å²) >= 11 is 0. The van der Waals surface area contributed by atoms with Crippen LogP contribution in [0.2, 0.25) is 0 Å². The van der Waals surface area contributed by atoms with Gasteiger partial charge in [-0.1, -0.05) is 12.8 Å². The Bertz CT molecular complexity index is 334. The van der Waals surface area contributed by atoms with E-state index in [0.29, 0.717) is 38.3 Å². The molecule has 4 atom stereocenters. The summed E-state index contributed by atoms with van der Waals surface area (Å²) in [5.74, 6) is 0.984. The van der Waals surface area contributed by atoms with E-state index in [1.807, 2.05) is 4.90 Å². The van der Waals surface area contributed by atoms with E-state index >= 15 is 0 Å². The monoisotopic (exact) mass is 282 g/mol. The van der Waals surface area contributed by atoms with Crippen LogP contribution in [0.1, 0.15) is 32.1 Å². The van der Waals surface area contributed by atoms with Crippen molar-refractivity contribution in [1.82, 2.24) is 10.2 Å². The highest BCUT2D eigenvalue weighted by Gasteiger charge is 2.40. The van der Waals surface area contributed by atoms with E-state index in [0.717, 1.165) is 6.42 Å². The second-order valence-electron chi connectivity index (χ2n) is 6.34. The highest BCUT2D eigenvalue weighted by Crippen LogP contribution is 2.33. The summed E-state index contributed by atoms with van der Waals surface area (Å²) in [5.41, 5.74) is 0. The molecule has 1 aliphatic carbocycles. The Balaban J connectivity index is 1.55. The largest absolute Gasteiger partial charge is 0.382 e. The van der Waals surface area contributed by atoms with Gasteiger partial charge in [-0.3, -0.25) is 4.79 Å². The summed E-state index contributed by atoms with van der Waals surface area (Å²) in [6.07, 6.45) is 6.22. The molecule has 114 valence electrons. The third kappa shape index (κ3) is 3.00. The Morgan fingerprint density at radius 1 is 1.40 bits per heavy atom. The molecule has 1 saturated carbocycles. The minimum atomic E-state index is 0.0291. The zero-order valence-corrected chi connectivity index (χ0v) is 12.3. The lowest BCUT2D eigenvalue weighted by atomic mass is 9.85. The van der Waals surface area contributed by atoms with Crippen LogP contribution in [0.15, 0.2) is 0 Å². The molecule has 3 aliphatic rings. The van der Waals surface area contributed by atoms with Gasteiger partial charge in [-0.2, -0.15) is 0 Å². The average molecular weight is 282 g/mol. The minimum absolute atomic E-state index is 0.0291. The van der Waals surface area contributed by atoms with Gasteiger partial charge in [0.05, 0.1) is 25.4 Å². The molecule has 5 heteroatoms. The fourth-order valence-corrected chi connectivity index (χ4v) is 3.94. The van der Waals surface area contributed by atoms with Crippen molar-refractivity contribution in [3.05, 3.63) is 0 Å². The minimum Gasteiger partial charge on any atom is -0.382 e. The van der Waals surface area contributed by atoms with E-state index in [4.69, 9.17) is 9.47 Å². The van der Waals surface area contributed by atoms with Crippen LogP contribution in [-0.4, -0.2) is 62.4 Å². The van der Waals surface area contributed by atoms with Gasteiger partial charge in [0.1, 0.15) is 0 Å². The number of hydrogen-bond acceptors (Lipinski definition) is 4. The molecule has 2 aliphatic heterocycles. The molecule has 1 N–H and O–H groups in total. The van der Waals surface area contributed by atoms with Crippen LogP contribution in [0.3, 0.4) is 0 Å². The average Bonchev–Trinajstić information content (AvgIpc) is 2.91. The first-order valence-electron chi connectivity index (χ1n) is 7.93. The van der Waals surface area contributed by atoms with Crippen LogP contribution in [0.4, 0.5) is 0 Å². The van der Waals surface area contributed by atoms with Crippen molar-refractivity contribution in [3.8, 4) is 0 Å².